The monoisotopic (exact) mass is 504 g/mol. The van der Waals surface area contributed by atoms with Crippen molar-refractivity contribution in [3.63, 3.8) is 0 Å². The van der Waals surface area contributed by atoms with Crippen LogP contribution >= 0.6 is 11.6 Å². The quantitative estimate of drug-likeness (QED) is 0.424. The molecule has 3 aromatic heterocycles. The lowest BCUT2D eigenvalue weighted by Crippen LogP contribution is -2.29. The van der Waals surface area contributed by atoms with Gasteiger partial charge in [-0.05, 0) is 62.6 Å². The van der Waals surface area contributed by atoms with Crippen LogP contribution in [0.1, 0.15) is 37.4 Å². The Bertz CT molecular complexity index is 1500. The number of amides is 1. The van der Waals surface area contributed by atoms with E-state index >= 15 is 0 Å². The van der Waals surface area contributed by atoms with Crippen molar-refractivity contribution in [2.24, 2.45) is 0 Å². The minimum Gasteiger partial charge on any atom is -0.470 e. The highest BCUT2D eigenvalue weighted by molar-refractivity contribution is 6.33. The zero-order valence-electron chi connectivity index (χ0n) is 20.0. The van der Waals surface area contributed by atoms with Crippen LogP contribution in [0.25, 0.3) is 22.6 Å². The van der Waals surface area contributed by atoms with E-state index in [1.54, 1.807) is 17.2 Å². The highest BCUT2D eigenvalue weighted by Crippen LogP contribution is 2.41. The fraction of sp³-hybridized carbons (Fsp3) is 0.346. The fourth-order valence-electron chi connectivity index (χ4n) is 4.48. The van der Waals surface area contributed by atoms with Gasteiger partial charge in [0.15, 0.2) is 11.2 Å². The normalized spacial score (nSPS) is 18.7. The van der Waals surface area contributed by atoms with Crippen molar-refractivity contribution in [1.82, 2.24) is 24.5 Å². The first-order valence-electron chi connectivity index (χ1n) is 11.9. The van der Waals surface area contributed by atoms with Crippen molar-refractivity contribution in [3.05, 3.63) is 59.1 Å². The minimum atomic E-state index is -0.972. The predicted octanol–water partition coefficient (Wildman–Crippen LogP) is 3.93. The van der Waals surface area contributed by atoms with Gasteiger partial charge in [-0.25, -0.2) is 9.97 Å². The largest absolute Gasteiger partial charge is 0.470 e. The number of fused-ring (bicyclic) bond motifs is 1. The van der Waals surface area contributed by atoms with Gasteiger partial charge in [-0.1, -0.05) is 11.6 Å². The van der Waals surface area contributed by atoms with Gasteiger partial charge in [0, 0.05) is 30.4 Å². The standard InChI is InChI=1S/C26H25ClN6O3/c1-15-5-9-28-16(11-15)13-33-22(31-21-23(33)29-14-30-24(21)36-26(2)7-8-26)18-4-3-17(12-19(18)27)32-10-6-20(34)25(32)35/h3-5,9,11-12,14,20,34H,6-8,10,13H2,1-2H3/t20-/m1/s1. The first-order valence-corrected chi connectivity index (χ1v) is 12.3. The predicted molar refractivity (Wildman–Crippen MR) is 135 cm³/mol. The maximum atomic E-state index is 12.3. The number of carbonyl (C=O) groups excluding carboxylic acids is 1. The summed E-state index contributed by atoms with van der Waals surface area (Å²) in [5.41, 5.74) is 4.24. The number of benzene rings is 1. The molecule has 0 bridgehead atoms. The van der Waals surface area contributed by atoms with Gasteiger partial charge in [0.2, 0.25) is 5.88 Å². The van der Waals surface area contributed by atoms with E-state index in [4.69, 9.17) is 21.3 Å². The molecule has 0 unspecified atom stereocenters. The second-order valence-electron chi connectivity index (χ2n) is 9.71. The number of anilines is 1. The summed E-state index contributed by atoms with van der Waals surface area (Å²) in [6, 6.07) is 9.37. The van der Waals surface area contributed by atoms with E-state index in [-0.39, 0.29) is 11.5 Å². The lowest BCUT2D eigenvalue weighted by Gasteiger charge is -2.17. The Kier molecular flexibility index (Phi) is 5.42. The first kappa shape index (κ1) is 22.9. The van der Waals surface area contributed by atoms with Crippen molar-refractivity contribution in [2.45, 2.75) is 51.4 Å². The number of aromatic nitrogens is 5. The summed E-state index contributed by atoms with van der Waals surface area (Å²) in [5.74, 6) is 0.729. The molecule has 1 aliphatic heterocycles. The fourth-order valence-corrected chi connectivity index (χ4v) is 4.74. The Hall–Kier alpha value is -3.56. The molecule has 184 valence electrons. The maximum Gasteiger partial charge on any atom is 0.255 e. The third-order valence-corrected chi connectivity index (χ3v) is 7.08. The molecule has 4 aromatic rings. The molecule has 4 heterocycles. The molecular formula is C26H25ClN6O3. The first-order chi connectivity index (χ1) is 17.3. The van der Waals surface area contributed by atoms with Crippen LogP contribution in [0.15, 0.2) is 42.9 Å². The number of hydrogen-bond donors (Lipinski definition) is 1. The maximum absolute atomic E-state index is 12.3. The summed E-state index contributed by atoms with van der Waals surface area (Å²) in [4.78, 5) is 32.2. The summed E-state index contributed by atoms with van der Waals surface area (Å²) >= 11 is 6.77. The molecular weight excluding hydrogens is 480 g/mol. The molecule has 2 aliphatic rings. The van der Waals surface area contributed by atoms with Crippen molar-refractivity contribution in [3.8, 4) is 17.3 Å². The van der Waals surface area contributed by atoms with Gasteiger partial charge >= 0.3 is 0 Å². The Morgan fingerprint density at radius 1 is 1.19 bits per heavy atom. The number of nitrogens with zero attached hydrogens (tertiary/aromatic N) is 6. The van der Waals surface area contributed by atoms with E-state index in [1.165, 1.54) is 6.33 Å². The number of rotatable bonds is 6. The molecule has 1 amide bonds. The molecule has 10 heteroatoms. The number of hydrogen-bond acceptors (Lipinski definition) is 7. The van der Waals surface area contributed by atoms with E-state index < -0.39 is 6.10 Å². The molecule has 1 aromatic carbocycles. The van der Waals surface area contributed by atoms with Crippen LogP contribution in [0.5, 0.6) is 5.88 Å². The number of aliphatic hydroxyl groups excluding tert-OH is 1. The van der Waals surface area contributed by atoms with Crippen molar-refractivity contribution >= 4 is 34.4 Å². The third kappa shape index (κ3) is 4.08. The van der Waals surface area contributed by atoms with Crippen LogP contribution in [-0.4, -0.2) is 53.8 Å². The van der Waals surface area contributed by atoms with Crippen LogP contribution in [-0.2, 0) is 11.3 Å². The van der Waals surface area contributed by atoms with E-state index in [0.717, 1.165) is 24.1 Å². The number of imidazole rings is 1. The molecule has 9 nitrogen and oxygen atoms in total. The van der Waals surface area contributed by atoms with Gasteiger partial charge in [0.25, 0.3) is 5.91 Å². The SMILES string of the molecule is Cc1ccnc(Cn2c(-c3ccc(N4CC[C@@H](O)C4=O)cc3Cl)nc3c(OC4(C)CC4)ncnc32)c1. The summed E-state index contributed by atoms with van der Waals surface area (Å²) < 4.78 is 8.16. The van der Waals surface area contributed by atoms with Gasteiger partial charge in [-0.15, -0.1) is 0 Å². The molecule has 6 rings (SSSR count). The Morgan fingerprint density at radius 2 is 2.03 bits per heavy atom. The zero-order valence-corrected chi connectivity index (χ0v) is 20.7. The van der Waals surface area contributed by atoms with Crippen LogP contribution in [0.2, 0.25) is 5.02 Å². The second-order valence-corrected chi connectivity index (χ2v) is 10.1. The average Bonchev–Trinajstić information content (AvgIpc) is 3.32. The summed E-state index contributed by atoms with van der Waals surface area (Å²) in [6.07, 6.45) is 4.64. The second kappa shape index (κ2) is 8.53. The summed E-state index contributed by atoms with van der Waals surface area (Å²) in [7, 11) is 0. The van der Waals surface area contributed by atoms with Crippen molar-refractivity contribution in [1.29, 1.82) is 0 Å². The zero-order chi connectivity index (χ0) is 25.0. The molecule has 0 radical (unpaired) electrons. The molecule has 1 saturated heterocycles. The number of carbonyl (C=O) groups is 1. The minimum absolute atomic E-state index is 0.227. The van der Waals surface area contributed by atoms with Crippen LogP contribution < -0.4 is 9.64 Å². The van der Waals surface area contributed by atoms with Crippen LogP contribution in [0.4, 0.5) is 5.69 Å². The number of halogens is 1. The average molecular weight is 505 g/mol. The van der Waals surface area contributed by atoms with E-state index in [9.17, 15) is 9.90 Å². The van der Waals surface area contributed by atoms with Gasteiger partial charge in [-0.3, -0.25) is 9.78 Å². The Labute approximate surface area is 212 Å². The highest BCUT2D eigenvalue weighted by atomic mass is 35.5. The van der Waals surface area contributed by atoms with Gasteiger partial charge in [-0.2, -0.15) is 4.98 Å². The highest BCUT2D eigenvalue weighted by Gasteiger charge is 2.41. The van der Waals surface area contributed by atoms with Gasteiger partial charge < -0.3 is 19.3 Å². The number of aliphatic hydroxyl groups is 1. The van der Waals surface area contributed by atoms with E-state index in [2.05, 4.69) is 21.9 Å². The van der Waals surface area contributed by atoms with E-state index in [1.807, 2.05) is 35.8 Å². The lowest BCUT2D eigenvalue weighted by molar-refractivity contribution is -0.123. The molecule has 2 fully saturated rings. The number of aryl methyl sites for hydroxylation is 1. The molecule has 1 N–H and O–H groups in total. The van der Waals surface area contributed by atoms with E-state index in [0.29, 0.717) is 58.7 Å². The molecule has 1 atom stereocenters. The Balaban J connectivity index is 1.47. The summed E-state index contributed by atoms with van der Waals surface area (Å²) in [6.45, 7) is 4.95. The summed E-state index contributed by atoms with van der Waals surface area (Å²) in [5, 5.41) is 10.3. The lowest BCUT2D eigenvalue weighted by atomic mass is 10.1. The topological polar surface area (TPSA) is 106 Å². The number of ether oxygens (including phenoxy) is 1. The van der Waals surface area contributed by atoms with Gasteiger partial charge in [0.1, 0.15) is 23.9 Å². The van der Waals surface area contributed by atoms with Crippen molar-refractivity contribution in [2.75, 3.05) is 11.4 Å². The van der Waals surface area contributed by atoms with Crippen LogP contribution in [0.3, 0.4) is 0 Å². The number of pyridine rings is 1. The molecule has 0 spiro atoms. The van der Waals surface area contributed by atoms with Crippen molar-refractivity contribution < 1.29 is 14.6 Å². The molecule has 36 heavy (non-hydrogen) atoms. The third-order valence-electron chi connectivity index (χ3n) is 6.77. The van der Waals surface area contributed by atoms with Gasteiger partial charge in [0.05, 0.1) is 17.3 Å². The van der Waals surface area contributed by atoms with Crippen LogP contribution in [0, 0.1) is 6.92 Å². The Morgan fingerprint density at radius 3 is 2.72 bits per heavy atom. The molecule has 1 aliphatic carbocycles. The smallest absolute Gasteiger partial charge is 0.255 e. The molecule has 1 saturated carbocycles.